The Bertz CT molecular complexity index is 1350. The third-order valence-electron chi connectivity index (χ3n) is 4.41. The first-order valence-corrected chi connectivity index (χ1v) is 8.18. The third kappa shape index (κ3) is 2.85. The summed E-state index contributed by atoms with van der Waals surface area (Å²) in [5, 5.41) is 33.1. The fourth-order valence-electron chi connectivity index (χ4n) is 3.30. The molecule has 0 radical (unpaired) electrons. The van der Waals surface area contributed by atoms with E-state index in [1.807, 2.05) is 54.6 Å². The van der Waals surface area contributed by atoms with Crippen LogP contribution in [0.2, 0.25) is 0 Å². The zero-order valence-corrected chi connectivity index (χ0v) is 14.7. The zero-order valence-electron chi connectivity index (χ0n) is 14.7. The van der Waals surface area contributed by atoms with E-state index in [0.717, 1.165) is 32.3 Å². The van der Waals surface area contributed by atoms with Gasteiger partial charge in [-0.2, -0.15) is 15.8 Å². The fraction of sp³-hybridized carbons (Fsp3) is 0.0435. The molecule has 0 aliphatic heterocycles. The van der Waals surface area contributed by atoms with Crippen molar-refractivity contribution in [2.45, 2.75) is 0 Å². The van der Waals surface area contributed by atoms with E-state index in [4.69, 9.17) is 0 Å². The summed E-state index contributed by atoms with van der Waals surface area (Å²) in [6, 6.07) is 19.4. The van der Waals surface area contributed by atoms with Crippen LogP contribution in [0, 0.1) is 34.0 Å². The monoisotopic (exact) mass is 346 g/mol. The highest BCUT2D eigenvalue weighted by Crippen LogP contribution is 2.18. The lowest BCUT2D eigenvalue weighted by Gasteiger charge is -2.09. The average molecular weight is 346 g/mol. The van der Waals surface area contributed by atoms with Gasteiger partial charge in [0.05, 0.1) is 5.57 Å². The van der Waals surface area contributed by atoms with Gasteiger partial charge in [-0.25, -0.2) is 0 Å². The summed E-state index contributed by atoms with van der Waals surface area (Å²) in [5.74, 6) is 0. The van der Waals surface area contributed by atoms with Crippen LogP contribution in [0.1, 0.15) is 5.56 Å². The van der Waals surface area contributed by atoms with E-state index >= 15 is 0 Å². The molecule has 0 spiro atoms. The second-order valence-electron chi connectivity index (χ2n) is 5.82. The highest BCUT2D eigenvalue weighted by molar-refractivity contribution is 6.15. The number of rotatable bonds is 2. The molecule has 0 N–H and O–H groups in total. The molecule has 0 saturated heterocycles. The van der Waals surface area contributed by atoms with Gasteiger partial charge in [-0.05, 0) is 33.2 Å². The number of nitrogens with zero attached hydrogens (tertiary/aromatic N) is 4. The molecule has 3 rings (SSSR count). The van der Waals surface area contributed by atoms with Gasteiger partial charge in [0.25, 0.3) is 0 Å². The molecule has 0 aromatic heterocycles. The first kappa shape index (κ1) is 17.6. The Balaban J connectivity index is 2.91. The number of nitriles is 3. The summed E-state index contributed by atoms with van der Waals surface area (Å²) in [5.41, 5.74) is 1.34. The molecule has 3 aromatic carbocycles. The summed E-state index contributed by atoms with van der Waals surface area (Å²) in [4.78, 5) is 4.01. The van der Waals surface area contributed by atoms with Crippen LogP contribution in [-0.4, -0.2) is 13.3 Å². The number of fused-ring (bicyclic) bond motifs is 2. The molecule has 126 valence electrons. The van der Waals surface area contributed by atoms with E-state index in [9.17, 15) is 15.8 Å². The topological polar surface area (TPSA) is 83.7 Å². The smallest absolute Gasteiger partial charge is 0.138 e. The third-order valence-corrected chi connectivity index (χ3v) is 4.41. The van der Waals surface area contributed by atoms with E-state index in [-0.39, 0.29) is 5.57 Å². The van der Waals surface area contributed by atoms with Crippen molar-refractivity contribution in [1.82, 2.24) is 0 Å². The molecule has 0 aliphatic carbocycles. The van der Waals surface area contributed by atoms with Crippen molar-refractivity contribution in [2.75, 3.05) is 7.05 Å². The van der Waals surface area contributed by atoms with E-state index in [1.165, 1.54) is 6.21 Å². The van der Waals surface area contributed by atoms with Gasteiger partial charge in [0.15, 0.2) is 0 Å². The molecule has 0 atom stereocenters. The van der Waals surface area contributed by atoms with Crippen molar-refractivity contribution in [3.8, 4) is 18.2 Å². The van der Waals surface area contributed by atoms with Crippen molar-refractivity contribution >= 4 is 45.0 Å². The number of hydrogen-bond acceptors (Lipinski definition) is 4. The first-order chi connectivity index (χ1) is 13.2. The van der Waals surface area contributed by atoms with Gasteiger partial charge >= 0.3 is 0 Å². The van der Waals surface area contributed by atoms with E-state index < -0.39 is 0 Å². The predicted octanol–water partition coefficient (Wildman–Crippen LogP) is 3.21. The molecule has 0 bridgehead atoms. The molecule has 4 heteroatoms. The second kappa shape index (κ2) is 7.36. The second-order valence-corrected chi connectivity index (χ2v) is 5.82. The normalized spacial score (nSPS) is 11.6. The van der Waals surface area contributed by atoms with Crippen LogP contribution in [0.15, 0.2) is 54.0 Å². The lowest BCUT2D eigenvalue weighted by atomic mass is 9.92. The summed E-state index contributed by atoms with van der Waals surface area (Å²) in [6.07, 6.45) is 3.25. The van der Waals surface area contributed by atoms with Crippen molar-refractivity contribution < 1.29 is 0 Å². The molecular weight excluding hydrogens is 332 g/mol. The van der Waals surface area contributed by atoms with Gasteiger partial charge < -0.3 is 0 Å². The zero-order chi connectivity index (χ0) is 19.4. The summed E-state index contributed by atoms with van der Waals surface area (Å²) < 4.78 is 0. The van der Waals surface area contributed by atoms with Gasteiger partial charge in [-0.15, -0.1) is 0 Å². The van der Waals surface area contributed by atoms with Crippen molar-refractivity contribution in [1.29, 1.82) is 15.8 Å². The average Bonchev–Trinajstić information content (AvgIpc) is 2.72. The molecule has 0 aliphatic rings. The molecule has 0 heterocycles. The highest BCUT2D eigenvalue weighted by atomic mass is 14.6. The summed E-state index contributed by atoms with van der Waals surface area (Å²) >= 11 is 0. The van der Waals surface area contributed by atoms with E-state index in [0.29, 0.717) is 10.8 Å². The molecule has 3 aromatic rings. The maximum Gasteiger partial charge on any atom is 0.138 e. The van der Waals surface area contributed by atoms with Crippen LogP contribution in [-0.2, 0) is 0 Å². The van der Waals surface area contributed by atoms with Crippen LogP contribution in [0.3, 0.4) is 0 Å². The molecule has 0 unspecified atom stereocenters. The lowest BCUT2D eigenvalue weighted by Crippen LogP contribution is -2.19. The van der Waals surface area contributed by atoms with Crippen molar-refractivity contribution in [3.63, 3.8) is 0 Å². The van der Waals surface area contributed by atoms with Crippen molar-refractivity contribution in [2.24, 2.45) is 4.99 Å². The Labute approximate surface area is 156 Å². The van der Waals surface area contributed by atoms with Gasteiger partial charge in [-0.3, -0.25) is 4.99 Å². The minimum Gasteiger partial charge on any atom is -0.295 e. The number of benzene rings is 3. The highest BCUT2D eigenvalue weighted by Gasteiger charge is 2.12. The van der Waals surface area contributed by atoms with Gasteiger partial charge in [-0.1, -0.05) is 49.1 Å². The van der Waals surface area contributed by atoms with Crippen LogP contribution in [0.25, 0.3) is 38.8 Å². The summed E-state index contributed by atoms with van der Waals surface area (Å²) in [6.45, 7) is 3.81. The van der Waals surface area contributed by atoms with Crippen LogP contribution < -0.4 is 10.4 Å². The molecule has 0 fully saturated rings. The lowest BCUT2D eigenvalue weighted by molar-refractivity contribution is 1.47. The molecule has 4 nitrogen and oxygen atoms in total. The number of aliphatic imine (C=N–C) groups is 1. The standard InChI is InChI=1S/C23H14N4/c1-3-15-8-9-20-21(10-15)23(17(13-26)14-27-2)19-7-5-4-6-18(19)22(20)16(11-24)12-25/h3-10,14H,1H2,2H3. The largest absolute Gasteiger partial charge is 0.295 e. The maximum atomic E-state index is 9.72. The fourth-order valence-corrected chi connectivity index (χ4v) is 3.30. The van der Waals surface area contributed by atoms with Crippen LogP contribution >= 0.6 is 0 Å². The van der Waals surface area contributed by atoms with E-state index in [1.54, 1.807) is 13.1 Å². The quantitative estimate of drug-likeness (QED) is 0.527. The maximum absolute atomic E-state index is 9.72. The summed E-state index contributed by atoms with van der Waals surface area (Å²) in [7, 11) is 1.61. The van der Waals surface area contributed by atoms with Crippen LogP contribution in [0.5, 0.6) is 0 Å². The van der Waals surface area contributed by atoms with Gasteiger partial charge in [0.2, 0.25) is 0 Å². The Morgan fingerprint density at radius 1 is 0.889 bits per heavy atom. The minimum absolute atomic E-state index is 0.0387. The Kier molecular flexibility index (Phi) is 4.80. The molecule has 0 amide bonds. The Morgan fingerprint density at radius 2 is 1.52 bits per heavy atom. The van der Waals surface area contributed by atoms with Gasteiger partial charge in [0, 0.05) is 23.7 Å². The van der Waals surface area contributed by atoms with Gasteiger partial charge in [0.1, 0.15) is 23.8 Å². The number of hydrogen-bond donors (Lipinski definition) is 0. The molecule has 27 heavy (non-hydrogen) atoms. The Morgan fingerprint density at radius 3 is 2.07 bits per heavy atom. The van der Waals surface area contributed by atoms with Crippen molar-refractivity contribution in [3.05, 3.63) is 65.0 Å². The first-order valence-electron chi connectivity index (χ1n) is 8.18. The molecule has 0 saturated carbocycles. The minimum atomic E-state index is 0.0387. The predicted molar refractivity (Wildman–Crippen MR) is 109 cm³/mol. The molecular formula is C23H14N4. The van der Waals surface area contributed by atoms with Crippen LogP contribution in [0.4, 0.5) is 0 Å². The Hall–Kier alpha value is -4.20. The SMILES string of the molecule is C=Cc1ccc2c(=C(C#N)C#N)c3ccccc3c(=C(C#N)C=NC)c2c1. The van der Waals surface area contributed by atoms with E-state index in [2.05, 4.69) is 17.6 Å².